The van der Waals surface area contributed by atoms with E-state index in [1.807, 2.05) is 25.1 Å². The molecule has 0 spiro atoms. The molecule has 0 saturated heterocycles. The van der Waals surface area contributed by atoms with Gasteiger partial charge in [0.1, 0.15) is 5.75 Å². The number of carbonyl (C=O) groups is 1. The maximum absolute atomic E-state index is 11.7. The van der Waals surface area contributed by atoms with Gasteiger partial charge < -0.3 is 14.5 Å². The predicted molar refractivity (Wildman–Crippen MR) is 122 cm³/mol. The lowest BCUT2D eigenvalue weighted by Gasteiger charge is -2.36. The molecule has 0 bridgehead atoms. The first-order valence-corrected chi connectivity index (χ1v) is 13.0. The number of rotatable bonds is 7. The molecule has 0 unspecified atom stereocenters. The van der Waals surface area contributed by atoms with Crippen LogP contribution in [0.3, 0.4) is 0 Å². The molecule has 0 aromatic heterocycles. The zero-order valence-electron chi connectivity index (χ0n) is 19.1. The van der Waals surface area contributed by atoms with E-state index in [9.17, 15) is 4.79 Å². The molecule has 158 valence electrons. The summed E-state index contributed by atoms with van der Waals surface area (Å²) >= 11 is 0. The lowest BCUT2D eigenvalue weighted by atomic mass is 10.0. The number of hydrogen-bond acceptors (Lipinski definition) is 4. The lowest BCUT2D eigenvalue weighted by Crippen LogP contribution is -2.43. The van der Waals surface area contributed by atoms with Crippen molar-refractivity contribution in [1.82, 2.24) is 5.32 Å². The lowest BCUT2D eigenvalue weighted by molar-refractivity contribution is 0.0600. The van der Waals surface area contributed by atoms with Crippen LogP contribution in [-0.2, 0) is 17.8 Å². The van der Waals surface area contributed by atoms with Crippen molar-refractivity contribution in [3.63, 3.8) is 0 Å². The monoisotopic (exact) mass is 413 g/mol. The maximum Gasteiger partial charge on any atom is 0.338 e. The van der Waals surface area contributed by atoms with Gasteiger partial charge in [0.15, 0.2) is 0 Å². The first-order valence-electron chi connectivity index (χ1n) is 10.1. The van der Waals surface area contributed by atoms with Gasteiger partial charge in [0.25, 0.3) is 0 Å². The highest BCUT2D eigenvalue weighted by molar-refractivity contribution is 6.74. The Bertz CT molecular complexity index is 869. The molecule has 4 nitrogen and oxygen atoms in total. The predicted octanol–water partition coefficient (Wildman–Crippen LogP) is 5.76. The van der Waals surface area contributed by atoms with Crippen LogP contribution in [-0.4, -0.2) is 21.4 Å². The van der Waals surface area contributed by atoms with E-state index in [0.29, 0.717) is 5.56 Å². The zero-order valence-corrected chi connectivity index (χ0v) is 20.1. The molecule has 0 aliphatic rings. The van der Waals surface area contributed by atoms with Crippen molar-refractivity contribution in [3.05, 3.63) is 64.2 Å². The fourth-order valence-electron chi connectivity index (χ4n) is 2.89. The average molecular weight is 414 g/mol. The molecule has 5 heteroatoms. The van der Waals surface area contributed by atoms with Crippen molar-refractivity contribution in [2.45, 2.75) is 65.8 Å². The van der Waals surface area contributed by atoms with Crippen LogP contribution in [0.4, 0.5) is 0 Å². The summed E-state index contributed by atoms with van der Waals surface area (Å²) in [6.45, 7) is 16.9. The van der Waals surface area contributed by atoms with Crippen molar-refractivity contribution in [1.29, 1.82) is 0 Å². The molecule has 2 aromatic carbocycles. The van der Waals surface area contributed by atoms with Crippen molar-refractivity contribution in [2.75, 3.05) is 7.11 Å². The molecule has 0 radical (unpaired) electrons. The van der Waals surface area contributed by atoms with Gasteiger partial charge in [0.05, 0.1) is 12.7 Å². The molecule has 0 amide bonds. The Morgan fingerprint density at radius 2 is 1.69 bits per heavy atom. The second-order valence-corrected chi connectivity index (χ2v) is 13.9. The summed E-state index contributed by atoms with van der Waals surface area (Å²) in [5.74, 6) is 0.671. The third-order valence-corrected chi connectivity index (χ3v) is 10.2. The number of benzene rings is 2. The van der Waals surface area contributed by atoms with Gasteiger partial charge in [-0.3, -0.25) is 0 Å². The van der Waals surface area contributed by atoms with Gasteiger partial charge in [-0.25, -0.2) is 4.79 Å². The second kappa shape index (κ2) is 9.14. The van der Waals surface area contributed by atoms with Crippen LogP contribution in [0.1, 0.15) is 53.4 Å². The minimum absolute atomic E-state index is 0.183. The van der Waals surface area contributed by atoms with Gasteiger partial charge in [-0.05, 0) is 72.4 Å². The third kappa shape index (κ3) is 5.94. The number of ether oxygens (including phenoxy) is 1. The van der Waals surface area contributed by atoms with E-state index in [2.05, 4.69) is 64.3 Å². The van der Waals surface area contributed by atoms with Crippen LogP contribution in [0.25, 0.3) is 0 Å². The van der Waals surface area contributed by atoms with Crippen LogP contribution < -0.4 is 9.74 Å². The first kappa shape index (κ1) is 23.2. The summed E-state index contributed by atoms with van der Waals surface area (Å²) < 4.78 is 11.2. The van der Waals surface area contributed by atoms with Crippen LogP contribution in [0.2, 0.25) is 18.1 Å². The van der Waals surface area contributed by atoms with Crippen LogP contribution in [0, 0.1) is 13.8 Å². The van der Waals surface area contributed by atoms with Gasteiger partial charge in [0.2, 0.25) is 8.32 Å². The summed E-state index contributed by atoms with van der Waals surface area (Å²) in [6.07, 6.45) is 0. The summed E-state index contributed by atoms with van der Waals surface area (Å²) in [5, 5.41) is 3.68. The van der Waals surface area contributed by atoms with Gasteiger partial charge in [0, 0.05) is 13.1 Å². The summed E-state index contributed by atoms with van der Waals surface area (Å²) in [6, 6.07) is 12.2. The molecule has 2 rings (SSSR count). The summed E-state index contributed by atoms with van der Waals surface area (Å²) in [4.78, 5) is 11.7. The molecule has 2 aromatic rings. The van der Waals surface area contributed by atoms with Gasteiger partial charge in [-0.1, -0.05) is 39.0 Å². The van der Waals surface area contributed by atoms with Crippen LogP contribution >= 0.6 is 0 Å². The first-order chi connectivity index (χ1) is 13.4. The van der Waals surface area contributed by atoms with E-state index in [1.54, 1.807) is 0 Å². The number of nitrogens with one attached hydrogen (secondary N) is 1. The van der Waals surface area contributed by atoms with E-state index < -0.39 is 8.32 Å². The molecule has 0 fully saturated rings. The Kier molecular flexibility index (Phi) is 7.30. The summed E-state index contributed by atoms with van der Waals surface area (Å²) in [7, 11) is -0.420. The molecule has 29 heavy (non-hydrogen) atoms. The SMILES string of the molecule is COC(=O)c1ccc(CNCc2ccc(O[Si](C)(C)C(C)(C)C)cc2C)cc1C. The second-order valence-electron chi connectivity index (χ2n) is 9.20. The van der Waals surface area contributed by atoms with Crippen molar-refractivity contribution < 1.29 is 14.0 Å². The van der Waals surface area contributed by atoms with E-state index in [4.69, 9.17) is 9.16 Å². The normalized spacial score (nSPS) is 12.0. The number of hydrogen-bond donors (Lipinski definition) is 1. The Labute approximate surface area is 176 Å². The Morgan fingerprint density at radius 1 is 1.00 bits per heavy atom. The number of aryl methyl sites for hydroxylation is 2. The number of esters is 1. The molecule has 0 saturated carbocycles. The maximum atomic E-state index is 11.7. The van der Waals surface area contributed by atoms with Crippen molar-refractivity contribution in [3.8, 4) is 5.75 Å². The Hall–Kier alpha value is -2.11. The summed E-state index contributed by atoms with van der Waals surface area (Å²) in [5.41, 5.74) is 5.18. The largest absolute Gasteiger partial charge is 0.543 e. The molecular weight excluding hydrogens is 378 g/mol. The number of methoxy groups -OCH3 is 1. The van der Waals surface area contributed by atoms with Crippen LogP contribution in [0.5, 0.6) is 5.75 Å². The topological polar surface area (TPSA) is 47.6 Å². The molecule has 0 heterocycles. The molecule has 0 atom stereocenters. The molecule has 1 N–H and O–H groups in total. The average Bonchev–Trinajstić information content (AvgIpc) is 2.62. The molecular formula is C24H35NO3Si. The van der Waals surface area contributed by atoms with Gasteiger partial charge in [-0.2, -0.15) is 0 Å². The highest BCUT2D eigenvalue weighted by atomic mass is 28.4. The van der Waals surface area contributed by atoms with Crippen molar-refractivity contribution in [2.24, 2.45) is 0 Å². The highest BCUT2D eigenvalue weighted by Crippen LogP contribution is 2.37. The molecule has 0 aliphatic heterocycles. The van der Waals surface area contributed by atoms with E-state index in [1.165, 1.54) is 18.2 Å². The quantitative estimate of drug-likeness (QED) is 0.463. The minimum Gasteiger partial charge on any atom is -0.543 e. The Balaban J connectivity index is 1.98. The fraction of sp³-hybridized carbons (Fsp3) is 0.458. The highest BCUT2D eigenvalue weighted by Gasteiger charge is 2.38. The van der Waals surface area contributed by atoms with Gasteiger partial charge in [-0.15, -0.1) is 0 Å². The van der Waals surface area contributed by atoms with Gasteiger partial charge >= 0.3 is 5.97 Å². The van der Waals surface area contributed by atoms with E-state index in [0.717, 1.165) is 30.0 Å². The standard InChI is InChI=1S/C24H35NO3Si/c1-17-14-21(28-29(7,8)24(3,4)5)11-10-20(17)16-25-15-19-9-12-22(18(2)13-19)23(26)27-6/h9-14,25H,15-16H2,1-8H3. The molecule has 0 aliphatic carbocycles. The minimum atomic E-state index is -1.83. The van der Waals surface area contributed by atoms with Crippen molar-refractivity contribution >= 4 is 14.3 Å². The smallest absolute Gasteiger partial charge is 0.338 e. The van der Waals surface area contributed by atoms with E-state index in [-0.39, 0.29) is 11.0 Å². The zero-order chi connectivity index (χ0) is 21.8. The van der Waals surface area contributed by atoms with E-state index >= 15 is 0 Å². The fourth-order valence-corrected chi connectivity index (χ4v) is 3.92. The van der Waals surface area contributed by atoms with Crippen LogP contribution in [0.15, 0.2) is 36.4 Å². The Morgan fingerprint density at radius 3 is 2.24 bits per heavy atom. The number of carbonyl (C=O) groups excluding carboxylic acids is 1. The third-order valence-electron chi connectivity index (χ3n) is 5.83.